The molecule has 0 amide bonds. The highest BCUT2D eigenvalue weighted by Crippen LogP contribution is 2.32. The van der Waals surface area contributed by atoms with E-state index in [-0.39, 0.29) is 5.82 Å². The molecule has 3 N–H and O–H groups in total. The Morgan fingerprint density at radius 1 is 0.867 bits per heavy atom. The second-order valence-electron chi connectivity index (χ2n) is 7.33. The Morgan fingerprint density at radius 3 is 2.47 bits per heavy atom. The van der Waals surface area contributed by atoms with E-state index in [9.17, 15) is 4.39 Å². The van der Waals surface area contributed by atoms with Gasteiger partial charge in [0.2, 0.25) is 0 Å². The summed E-state index contributed by atoms with van der Waals surface area (Å²) >= 11 is 0. The molecule has 7 heteroatoms. The van der Waals surface area contributed by atoms with Crippen LogP contribution < -0.4 is 16.0 Å². The molecule has 3 heterocycles. The van der Waals surface area contributed by atoms with Gasteiger partial charge in [-0.25, -0.2) is 19.3 Å². The van der Waals surface area contributed by atoms with Gasteiger partial charge < -0.3 is 16.0 Å². The van der Waals surface area contributed by atoms with Crippen molar-refractivity contribution >= 4 is 22.4 Å². The molecule has 0 aliphatic carbocycles. The van der Waals surface area contributed by atoms with Crippen LogP contribution in [0.4, 0.5) is 15.9 Å². The van der Waals surface area contributed by atoms with E-state index >= 15 is 0 Å². The smallest absolute Gasteiger partial charge is 0.147 e. The van der Waals surface area contributed by atoms with E-state index in [1.807, 2.05) is 42.5 Å². The van der Waals surface area contributed by atoms with Gasteiger partial charge in [-0.3, -0.25) is 0 Å². The summed E-state index contributed by atoms with van der Waals surface area (Å²) in [4.78, 5) is 15.0. The first-order valence-corrected chi connectivity index (χ1v) is 9.91. The number of anilines is 2. The number of fused-ring (bicyclic) bond motifs is 1. The van der Waals surface area contributed by atoms with Gasteiger partial charge in [-0.05, 0) is 47.5 Å². The molecule has 2 aromatic carbocycles. The summed E-state index contributed by atoms with van der Waals surface area (Å²) < 4.78 is 15.0. The van der Waals surface area contributed by atoms with Crippen LogP contribution >= 0.6 is 0 Å². The minimum absolute atomic E-state index is 0.237. The molecule has 150 valence electrons. The van der Waals surface area contributed by atoms with Crippen LogP contribution in [0.1, 0.15) is 0 Å². The molecular weight excluding hydrogens is 379 g/mol. The standard InChI is InChI=1S/C23H21FN6/c24-19-12-17(2-4-21(19)30-9-7-26-8-10-30)23-18-11-15(1-3-20(18)28-14-29-23)16-5-6-27-22(25)13-16/h1-6,11-14,26H,7-10H2,(H2,25,27). The molecule has 0 spiro atoms. The molecule has 1 aliphatic heterocycles. The number of hydrogen-bond donors (Lipinski definition) is 2. The second-order valence-corrected chi connectivity index (χ2v) is 7.33. The Kier molecular flexibility index (Phi) is 4.72. The first-order valence-electron chi connectivity index (χ1n) is 9.91. The lowest BCUT2D eigenvalue weighted by Gasteiger charge is -2.29. The second kappa shape index (κ2) is 7.68. The van der Waals surface area contributed by atoms with E-state index in [0.29, 0.717) is 17.2 Å². The molecule has 5 rings (SSSR count). The van der Waals surface area contributed by atoms with Crippen LogP contribution in [0.5, 0.6) is 0 Å². The molecule has 6 nitrogen and oxygen atoms in total. The summed E-state index contributed by atoms with van der Waals surface area (Å²) in [6.45, 7) is 3.32. The summed E-state index contributed by atoms with van der Waals surface area (Å²) in [5.74, 6) is 0.224. The molecular formula is C23H21FN6. The van der Waals surface area contributed by atoms with Gasteiger partial charge in [0.1, 0.15) is 18.0 Å². The molecule has 0 saturated carbocycles. The van der Waals surface area contributed by atoms with Gasteiger partial charge >= 0.3 is 0 Å². The van der Waals surface area contributed by atoms with E-state index in [4.69, 9.17) is 5.73 Å². The Bertz CT molecular complexity index is 1220. The molecule has 30 heavy (non-hydrogen) atoms. The summed E-state index contributed by atoms with van der Waals surface area (Å²) in [6, 6.07) is 15.0. The predicted molar refractivity (Wildman–Crippen MR) is 118 cm³/mol. The van der Waals surface area contributed by atoms with E-state index < -0.39 is 0 Å². The average molecular weight is 400 g/mol. The fourth-order valence-electron chi connectivity index (χ4n) is 3.91. The molecule has 0 bridgehead atoms. The third kappa shape index (κ3) is 3.44. The number of pyridine rings is 1. The molecule has 0 unspecified atom stereocenters. The van der Waals surface area contributed by atoms with Crippen LogP contribution in [-0.2, 0) is 0 Å². The first-order chi connectivity index (χ1) is 14.7. The normalized spacial score (nSPS) is 14.2. The maximum atomic E-state index is 15.0. The minimum Gasteiger partial charge on any atom is -0.384 e. The fourth-order valence-corrected chi connectivity index (χ4v) is 3.91. The van der Waals surface area contributed by atoms with Crippen LogP contribution in [0.15, 0.2) is 61.1 Å². The van der Waals surface area contributed by atoms with Gasteiger partial charge in [-0.1, -0.05) is 12.1 Å². The number of aromatic nitrogens is 3. The van der Waals surface area contributed by atoms with E-state index in [1.54, 1.807) is 12.3 Å². The van der Waals surface area contributed by atoms with Crippen molar-refractivity contribution < 1.29 is 4.39 Å². The number of nitrogens with zero attached hydrogens (tertiary/aromatic N) is 4. The van der Waals surface area contributed by atoms with Crippen LogP contribution in [0.25, 0.3) is 33.3 Å². The molecule has 1 fully saturated rings. The molecule has 0 atom stereocenters. The summed E-state index contributed by atoms with van der Waals surface area (Å²) in [7, 11) is 0. The Labute approximate surface area is 173 Å². The number of nitrogens with one attached hydrogen (secondary N) is 1. The van der Waals surface area contributed by atoms with Crippen molar-refractivity contribution in [1.82, 2.24) is 20.3 Å². The monoisotopic (exact) mass is 400 g/mol. The lowest BCUT2D eigenvalue weighted by atomic mass is 10.0. The number of halogens is 1. The maximum Gasteiger partial charge on any atom is 0.147 e. The average Bonchev–Trinajstić information content (AvgIpc) is 2.79. The molecule has 1 saturated heterocycles. The molecule has 0 radical (unpaired) electrons. The highest BCUT2D eigenvalue weighted by molar-refractivity contribution is 5.95. The largest absolute Gasteiger partial charge is 0.384 e. The minimum atomic E-state index is -0.237. The van der Waals surface area contributed by atoms with Crippen molar-refractivity contribution in [2.45, 2.75) is 0 Å². The SMILES string of the molecule is Nc1cc(-c2ccc3ncnc(-c4ccc(N5CCNCC5)c(F)c4)c3c2)ccn1. The van der Waals surface area contributed by atoms with Crippen molar-refractivity contribution in [1.29, 1.82) is 0 Å². The maximum absolute atomic E-state index is 15.0. The number of hydrogen-bond acceptors (Lipinski definition) is 6. The van der Waals surface area contributed by atoms with Gasteiger partial charge in [-0.15, -0.1) is 0 Å². The van der Waals surface area contributed by atoms with Crippen molar-refractivity contribution in [2.75, 3.05) is 36.8 Å². The Balaban J connectivity index is 1.58. The number of benzene rings is 2. The Hall–Kier alpha value is -3.58. The lowest BCUT2D eigenvalue weighted by molar-refractivity contribution is 0.566. The topological polar surface area (TPSA) is 80.0 Å². The molecule has 1 aliphatic rings. The lowest BCUT2D eigenvalue weighted by Crippen LogP contribution is -2.43. The summed E-state index contributed by atoms with van der Waals surface area (Å²) in [5, 5.41) is 4.15. The van der Waals surface area contributed by atoms with Crippen LogP contribution in [0, 0.1) is 5.82 Å². The predicted octanol–water partition coefficient (Wildman–Crippen LogP) is 3.49. The van der Waals surface area contributed by atoms with Gasteiger partial charge in [0.05, 0.1) is 16.9 Å². The van der Waals surface area contributed by atoms with Gasteiger partial charge in [0.25, 0.3) is 0 Å². The fraction of sp³-hybridized carbons (Fsp3) is 0.174. The third-order valence-corrected chi connectivity index (χ3v) is 5.43. The molecule has 4 aromatic rings. The van der Waals surface area contributed by atoms with E-state index in [0.717, 1.165) is 53.8 Å². The first kappa shape index (κ1) is 18.4. The van der Waals surface area contributed by atoms with Gasteiger partial charge in [0.15, 0.2) is 0 Å². The van der Waals surface area contributed by atoms with Crippen LogP contribution in [0.3, 0.4) is 0 Å². The van der Waals surface area contributed by atoms with Crippen molar-refractivity contribution in [3.05, 3.63) is 66.9 Å². The highest BCUT2D eigenvalue weighted by atomic mass is 19.1. The number of rotatable bonds is 3. The zero-order valence-electron chi connectivity index (χ0n) is 16.3. The van der Waals surface area contributed by atoms with Crippen LogP contribution in [-0.4, -0.2) is 41.1 Å². The quantitative estimate of drug-likeness (QED) is 0.548. The Morgan fingerprint density at radius 2 is 1.67 bits per heavy atom. The van der Waals surface area contributed by atoms with Crippen LogP contribution in [0.2, 0.25) is 0 Å². The molecule has 2 aromatic heterocycles. The zero-order chi connectivity index (χ0) is 20.5. The van der Waals surface area contributed by atoms with E-state index in [1.165, 1.54) is 6.33 Å². The van der Waals surface area contributed by atoms with E-state index in [2.05, 4.69) is 25.2 Å². The number of nitrogens with two attached hydrogens (primary N) is 1. The van der Waals surface area contributed by atoms with Gasteiger partial charge in [0, 0.05) is 43.3 Å². The van der Waals surface area contributed by atoms with Crippen molar-refractivity contribution in [3.8, 4) is 22.4 Å². The summed E-state index contributed by atoms with van der Waals surface area (Å²) in [5.41, 5.74) is 10.6. The number of piperazine rings is 1. The summed E-state index contributed by atoms with van der Waals surface area (Å²) in [6.07, 6.45) is 3.20. The highest BCUT2D eigenvalue weighted by Gasteiger charge is 2.16. The third-order valence-electron chi connectivity index (χ3n) is 5.43. The van der Waals surface area contributed by atoms with Gasteiger partial charge in [-0.2, -0.15) is 0 Å². The van der Waals surface area contributed by atoms with Crippen molar-refractivity contribution in [2.24, 2.45) is 0 Å². The zero-order valence-corrected chi connectivity index (χ0v) is 16.3. The van der Waals surface area contributed by atoms with Crippen molar-refractivity contribution in [3.63, 3.8) is 0 Å². The number of nitrogen functional groups attached to an aromatic ring is 1.